The van der Waals surface area contributed by atoms with Crippen LogP contribution in [0.5, 0.6) is 0 Å². The molecule has 0 fully saturated rings. The van der Waals surface area contributed by atoms with Crippen LogP contribution in [0.2, 0.25) is 0 Å². The van der Waals surface area contributed by atoms with Gasteiger partial charge in [-0.1, -0.05) is 6.92 Å². The van der Waals surface area contributed by atoms with Gasteiger partial charge in [0.1, 0.15) is 0 Å². The highest BCUT2D eigenvalue weighted by molar-refractivity contribution is 7.89. The maximum atomic E-state index is 12.1. The molecule has 2 N–H and O–H groups in total. The number of sulfonamides is 1. The summed E-state index contributed by atoms with van der Waals surface area (Å²) in [6.07, 6.45) is 0. The fourth-order valence-electron chi connectivity index (χ4n) is 1.52. The zero-order valence-electron chi connectivity index (χ0n) is 11.9. The summed E-state index contributed by atoms with van der Waals surface area (Å²) in [5.74, 6) is -2.53. The molecule has 2 atom stereocenters. The van der Waals surface area contributed by atoms with E-state index in [9.17, 15) is 18.0 Å². The number of carbonyl (C=O) groups excluding carboxylic acids is 1. The quantitative estimate of drug-likeness (QED) is 0.753. The lowest BCUT2D eigenvalue weighted by Gasteiger charge is -2.17. The fourth-order valence-corrected chi connectivity index (χ4v) is 2.84. The standard InChI is InChI=1S/C13H17NO6S/c1-8(12(15)16)9(2)14-21(18,19)11-6-4-10(5-7-11)13(17)20-3/h4-9,14H,1-3H3,(H,15,16). The monoisotopic (exact) mass is 315 g/mol. The van der Waals surface area contributed by atoms with E-state index in [4.69, 9.17) is 5.11 Å². The molecule has 8 heteroatoms. The Labute approximate surface area is 123 Å². The molecule has 116 valence electrons. The molecule has 0 saturated carbocycles. The lowest BCUT2D eigenvalue weighted by molar-refractivity contribution is -0.141. The van der Waals surface area contributed by atoms with Crippen LogP contribution in [0.3, 0.4) is 0 Å². The van der Waals surface area contributed by atoms with Crippen molar-refractivity contribution in [3.8, 4) is 0 Å². The molecule has 0 heterocycles. The van der Waals surface area contributed by atoms with Crippen molar-refractivity contribution in [2.75, 3.05) is 7.11 Å². The maximum absolute atomic E-state index is 12.1. The van der Waals surface area contributed by atoms with Gasteiger partial charge < -0.3 is 9.84 Å². The zero-order valence-corrected chi connectivity index (χ0v) is 12.7. The fraction of sp³-hybridized carbons (Fsp3) is 0.385. The first-order chi connectivity index (χ1) is 9.69. The molecule has 0 spiro atoms. The molecule has 1 rings (SSSR count). The van der Waals surface area contributed by atoms with E-state index in [1.165, 1.54) is 45.2 Å². The van der Waals surface area contributed by atoms with Crippen molar-refractivity contribution in [1.29, 1.82) is 0 Å². The third-order valence-corrected chi connectivity index (χ3v) is 4.64. The lowest BCUT2D eigenvalue weighted by atomic mass is 10.1. The Kier molecular flexibility index (Phi) is 5.45. The highest BCUT2D eigenvalue weighted by Gasteiger charge is 2.25. The van der Waals surface area contributed by atoms with Crippen LogP contribution in [-0.4, -0.2) is 38.6 Å². The average Bonchev–Trinajstić information content (AvgIpc) is 2.45. The number of hydrogen-bond acceptors (Lipinski definition) is 5. The topological polar surface area (TPSA) is 110 Å². The van der Waals surface area contributed by atoms with Gasteiger partial charge in [0.2, 0.25) is 10.0 Å². The van der Waals surface area contributed by atoms with Gasteiger partial charge in [-0.05, 0) is 31.2 Å². The largest absolute Gasteiger partial charge is 0.481 e. The molecule has 21 heavy (non-hydrogen) atoms. The van der Waals surface area contributed by atoms with E-state index < -0.39 is 33.9 Å². The summed E-state index contributed by atoms with van der Waals surface area (Å²) in [4.78, 5) is 22.0. The first kappa shape index (κ1) is 17.1. The summed E-state index contributed by atoms with van der Waals surface area (Å²) in [6, 6.07) is 4.39. The van der Waals surface area contributed by atoms with E-state index in [-0.39, 0.29) is 10.5 Å². The highest BCUT2D eigenvalue weighted by atomic mass is 32.2. The van der Waals surface area contributed by atoms with Gasteiger partial charge in [0.25, 0.3) is 0 Å². The van der Waals surface area contributed by atoms with Crippen molar-refractivity contribution >= 4 is 22.0 Å². The minimum absolute atomic E-state index is 0.0559. The molecule has 0 radical (unpaired) electrons. The van der Waals surface area contributed by atoms with Crippen LogP contribution >= 0.6 is 0 Å². The number of benzene rings is 1. The average molecular weight is 315 g/mol. The van der Waals surface area contributed by atoms with Crippen LogP contribution in [0, 0.1) is 5.92 Å². The highest BCUT2D eigenvalue weighted by Crippen LogP contribution is 2.13. The van der Waals surface area contributed by atoms with Gasteiger partial charge in [0, 0.05) is 6.04 Å². The van der Waals surface area contributed by atoms with Crippen molar-refractivity contribution in [3.63, 3.8) is 0 Å². The van der Waals surface area contributed by atoms with Gasteiger partial charge >= 0.3 is 11.9 Å². The second kappa shape index (κ2) is 6.68. The van der Waals surface area contributed by atoms with Crippen LogP contribution in [0.15, 0.2) is 29.2 Å². The number of methoxy groups -OCH3 is 1. The molecule has 0 aliphatic heterocycles. The molecule has 2 unspecified atom stereocenters. The summed E-state index contributed by atoms with van der Waals surface area (Å²) in [6.45, 7) is 2.88. The normalized spacial score (nSPS) is 14.2. The third kappa shape index (κ3) is 4.27. The number of aliphatic carboxylic acids is 1. The van der Waals surface area contributed by atoms with Gasteiger partial charge in [-0.25, -0.2) is 17.9 Å². The number of carbonyl (C=O) groups is 2. The number of hydrogen-bond donors (Lipinski definition) is 2. The number of esters is 1. The number of carboxylic acids is 1. The van der Waals surface area contributed by atoms with Crippen LogP contribution in [0.25, 0.3) is 0 Å². The minimum atomic E-state index is -3.85. The molecular weight excluding hydrogens is 298 g/mol. The zero-order chi connectivity index (χ0) is 16.2. The smallest absolute Gasteiger partial charge is 0.337 e. The first-order valence-electron chi connectivity index (χ1n) is 6.12. The Bertz CT molecular complexity index is 623. The first-order valence-corrected chi connectivity index (χ1v) is 7.61. The molecule has 0 saturated heterocycles. The second-order valence-electron chi connectivity index (χ2n) is 4.55. The van der Waals surface area contributed by atoms with Crippen LogP contribution < -0.4 is 4.72 Å². The van der Waals surface area contributed by atoms with Gasteiger partial charge in [0.05, 0.1) is 23.5 Å². The van der Waals surface area contributed by atoms with Crippen molar-refractivity contribution < 1.29 is 27.9 Å². The van der Waals surface area contributed by atoms with Gasteiger partial charge in [-0.15, -0.1) is 0 Å². The number of carboxylic acid groups (broad SMARTS) is 1. The Balaban J connectivity index is 2.93. The molecule has 1 aromatic carbocycles. The molecule has 7 nitrogen and oxygen atoms in total. The van der Waals surface area contributed by atoms with Crippen LogP contribution in [0.1, 0.15) is 24.2 Å². The van der Waals surface area contributed by atoms with Gasteiger partial charge in [0.15, 0.2) is 0 Å². The van der Waals surface area contributed by atoms with Gasteiger partial charge in [-0.2, -0.15) is 0 Å². The number of rotatable bonds is 6. The number of nitrogens with one attached hydrogen (secondary N) is 1. The summed E-state index contributed by atoms with van der Waals surface area (Å²) < 4.78 is 31.0. The summed E-state index contributed by atoms with van der Waals surface area (Å²) >= 11 is 0. The summed E-state index contributed by atoms with van der Waals surface area (Å²) in [7, 11) is -2.63. The van der Waals surface area contributed by atoms with Crippen LogP contribution in [-0.2, 0) is 19.6 Å². The Morgan fingerprint density at radius 1 is 1.19 bits per heavy atom. The Morgan fingerprint density at radius 3 is 2.14 bits per heavy atom. The molecular formula is C13H17NO6S. The van der Waals surface area contributed by atoms with E-state index in [2.05, 4.69) is 9.46 Å². The predicted octanol–water partition coefficient (Wildman–Crippen LogP) is 0.861. The van der Waals surface area contributed by atoms with Crippen molar-refractivity contribution in [3.05, 3.63) is 29.8 Å². The van der Waals surface area contributed by atoms with E-state index in [1.54, 1.807) is 0 Å². The summed E-state index contributed by atoms with van der Waals surface area (Å²) in [5, 5.41) is 8.86. The molecule has 0 aromatic heterocycles. The lowest BCUT2D eigenvalue weighted by Crippen LogP contribution is -2.39. The SMILES string of the molecule is COC(=O)c1ccc(S(=O)(=O)NC(C)C(C)C(=O)O)cc1. The van der Waals surface area contributed by atoms with Gasteiger partial charge in [-0.3, -0.25) is 4.79 Å². The van der Waals surface area contributed by atoms with E-state index in [1.807, 2.05) is 0 Å². The van der Waals surface area contributed by atoms with E-state index in [0.717, 1.165) is 0 Å². The summed E-state index contributed by atoms with van der Waals surface area (Å²) in [5.41, 5.74) is 0.225. The number of ether oxygens (including phenoxy) is 1. The third-order valence-electron chi connectivity index (χ3n) is 3.07. The molecule has 0 aliphatic rings. The maximum Gasteiger partial charge on any atom is 0.337 e. The van der Waals surface area contributed by atoms with Crippen LogP contribution in [0.4, 0.5) is 0 Å². The second-order valence-corrected chi connectivity index (χ2v) is 6.27. The molecule has 0 bridgehead atoms. The molecule has 0 amide bonds. The molecule has 1 aromatic rings. The van der Waals surface area contributed by atoms with Crippen molar-refractivity contribution in [2.24, 2.45) is 5.92 Å². The van der Waals surface area contributed by atoms with Crippen molar-refractivity contribution in [2.45, 2.75) is 24.8 Å². The van der Waals surface area contributed by atoms with E-state index >= 15 is 0 Å². The minimum Gasteiger partial charge on any atom is -0.481 e. The Hall–Kier alpha value is -1.93. The molecule has 0 aliphatic carbocycles. The van der Waals surface area contributed by atoms with Crippen molar-refractivity contribution in [1.82, 2.24) is 4.72 Å². The predicted molar refractivity (Wildman–Crippen MR) is 74.4 cm³/mol. The Morgan fingerprint density at radius 2 is 1.71 bits per heavy atom. The van der Waals surface area contributed by atoms with E-state index in [0.29, 0.717) is 0 Å².